The molecule has 0 atom stereocenters. The van der Waals surface area contributed by atoms with E-state index in [1.165, 1.54) is 98.0 Å². The number of benzene rings is 9. The Morgan fingerprint density at radius 3 is 1.81 bits per heavy atom. The van der Waals surface area contributed by atoms with Gasteiger partial charge < -0.3 is 4.90 Å². The molecule has 1 nitrogen and oxygen atoms in total. The molecule has 58 heavy (non-hydrogen) atoms. The zero-order valence-electron chi connectivity index (χ0n) is 32.4. The Labute approximate surface area is 343 Å². The van der Waals surface area contributed by atoms with Gasteiger partial charge in [0.15, 0.2) is 0 Å². The Morgan fingerprint density at radius 1 is 0.431 bits per heavy atom. The molecule has 1 heterocycles. The summed E-state index contributed by atoms with van der Waals surface area (Å²) in [6, 6.07) is 75.0. The van der Waals surface area contributed by atoms with Crippen LogP contribution in [0.3, 0.4) is 0 Å². The van der Waals surface area contributed by atoms with Crippen LogP contribution in [0.15, 0.2) is 200 Å². The first-order chi connectivity index (χ1) is 28.5. The van der Waals surface area contributed by atoms with Gasteiger partial charge in [-0.25, -0.2) is 0 Å². The minimum Gasteiger partial charge on any atom is -0.309 e. The van der Waals surface area contributed by atoms with Gasteiger partial charge in [0, 0.05) is 36.8 Å². The van der Waals surface area contributed by atoms with Crippen LogP contribution >= 0.6 is 11.3 Å². The minimum absolute atomic E-state index is 0.191. The van der Waals surface area contributed by atoms with Crippen LogP contribution in [0.25, 0.3) is 53.2 Å². The molecule has 9 aromatic carbocycles. The third-order valence-electron chi connectivity index (χ3n) is 13.1. The first-order valence-corrected chi connectivity index (χ1v) is 21.1. The van der Waals surface area contributed by atoms with E-state index in [9.17, 15) is 0 Å². The number of thiophene rings is 1. The third-order valence-corrected chi connectivity index (χ3v) is 14.2. The predicted molar refractivity (Wildman–Crippen MR) is 246 cm³/mol. The zero-order chi connectivity index (χ0) is 38.6. The summed E-state index contributed by atoms with van der Waals surface area (Å²) in [7, 11) is 0. The molecular weight excluding hydrogens is 719 g/mol. The minimum atomic E-state index is -0.517. The molecule has 0 unspecified atom stereocenters. The molecule has 0 fully saturated rings. The molecule has 0 saturated carbocycles. The quantitative estimate of drug-likeness (QED) is 0.169. The van der Waals surface area contributed by atoms with Gasteiger partial charge in [-0.15, -0.1) is 11.3 Å². The van der Waals surface area contributed by atoms with Crippen molar-refractivity contribution in [2.75, 3.05) is 4.90 Å². The van der Waals surface area contributed by atoms with Gasteiger partial charge in [0.25, 0.3) is 0 Å². The summed E-state index contributed by atoms with van der Waals surface area (Å²) < 4.78 is 2.59. The van der Waals surface area contributed by atoms with Crippen LogP contribution in [0.2, 0.25) is 0 Å². The van der Waals surface area contributed by atoms with Gasteiger partial charge in [-0.1, -0.05) is 178 Å². The summed E-state index contributed by atoms with van der Waals surface area (Å²) >= 11 is 1.88. The molecule has 0 radical (unpaired) electrons. The summed E-state index contributed by atoms with van der Waals surface area (Å²) in [4.78, 5) is 2.61. The molecule has 1 aromatic heterocycles. The smallest absolute Gasteiger partial charge is 0.0714 e. The van der Waals surface area contributed by atoms with Crippen molar-refractivity contribution in [2.45, 2.75) is 24.7 Å². The molecule has 2 aliphatic rings. The lowest BCUT2D eigenvalue weighted by Crippen LogP contribution is -2.28. The predicted octanol–water partition coefficient (Wildman–Crippen LogP) is 15.3. The Hall–Kier alpha value is -6.74. The van der Waals surface area contributed by atoms with E-state index in [-0.39, 0.29) is 5.41 Å². The number of fused-ring (bicyclic) bond motifs is 11. The maximum Gasteiger partial charge on any atom is 0.0714 e. The van der Waals surface area contributed by atoms with E-state index < -0.39 is 5.41 Å². The van der Waals surface area contributed by atoms with E-state index in [0.717, 1.165) is 5.69 Å². The molecule has 12 rings (SSSR count). The Balaban J connectivity index is 1.24. The first-order valence-electron chi connectivity index (χ1n) is 20.3. The van der Waals surface area contributed by atoms with Gasteiger partial charge in [0.05, 0.1) is 16.8 Å². The van der Waals surface area contributed by atoms with Gasteiger partial charge in [0.1, 0.15) is 0 Å². The fourth-order valence-corrected chi connectivity index (χ4v) is 11.9. The van der Waals surface area contributed by atoms with Crippen molar-refractivity contribution in [3.8, 4) is 22.3 Å². The van der Waals surface area contributed by atoms with Crippen molar-refractivity contribution in [1.29, 1.82) is 0 Å². The summed E-state index contributed by atoms with van der Waals surface area (Å²) in [6.07, 6.45) is 0. The lowest BCUT2D eigenvalue weighted by molar-refractivity contribution is 0.666. The molecule has 0 aliphatic heterocycles. The molecule has 0 amide bonds. The first kappa shape index (κ1) is 33.4. The topological polar surface area (TPSA) is 3.24 Å². The molecule has 0 saturated heterocycles. The zero-order valence-corrected chi connectivity index (χ0v) is 33.2. The van der Waals surface area contributed by atoms with Crippen LogP contribution < -0.4 is 4.90 Å². The number of nitrogens with zero attached hydrogens (tertiary/aromatic N) is 1. The van der Waals surface area contributed by atoms with Crippen molar-refractivity contribution in [2.24, 2.45) is 0 Å². The van der Waals surface area contributed by atoms with E-state index in [1.54, 1.807) is 0 Å². The monoisotopic (exact) mass is 757 g/mol. The summed E-state index contributed by atoms with van der Waals surface area (Å²) in [6.45, 7) is 4.82. The highest BCUT2D eigenvalue weighted by atomic mass is 32.1. The molecule has 2 aliphatic carbocycles. The number of anilines is 3. The molecule has 0 N–H and O–H groups in total. The highest BCUT2D eigenvalue weighted by molar-refractivity contribution is 7.26. The SMILES string of the molecule is CC1(C)c2ccccc2-c2c(N(c3ccc4c(c3)C(c3ccccc3)(c3ccccc3)c3ccccc3-4)c3cccc4sc5ccccc5c34)cc3ccccc3c21. The maximum atomic E-state index is 2.61. The molecule has 274 valence electrons. The van der Waals surface area contributed by atoms with Gasteiger partial charge in [-0.3, -0.25) is 0 Å². The summed E-state index contributed by atoms with van der Waals surface area (Å²) in [5.74, 6) is 0. The number of rotatable bonds is 5. The number of hydrogen-bond donors (Lipinski definition) is 0. The van der Waals surface area contributed by atoms with E-state index in [4.69, 9.17) is 0 Å². The van der Waals surface area contributed by atoms with Crippen LogP contribution in [0.1, 0.15) is 47.2 Å². The van der Waals surface area contributed by atoms with Gasteiger partial charge in [0.2, 0.25) is 0 Å². The van der Waals surface area contributed by atoms with Crippen molar-refractivity contribution in [3.05, 3.63) is 234 Å². The Bertz CT molecular complexity index is 3220. The Morgan fingerprint density at radius 2 is 1.03 bits per heavy atom. The van der Waals surface area contributed by atoms with Crippen LogP contribution in [0.4, 0.5) is 17.1 Å². The largest absolute Gasteiger partial charge is 0.309 e. The van der Waals surface area contributed by atoms with Crippen molar-refractivity contribution < 1.29 is 0 Å². The standard InChI is InChI=1S/C56H39NS/c1-55(2)45-27-14-12-25-43(45)53-49(34-36-18-9-10-23-40(36)54(53)55)57(48-29-17-31-51-52(48)44-26-13-16-30-50(44)58-51)39-32-33-42-41-24-11-15-28-46(41)56(47(42)35-39,37-19-5-3-6-20-37)38-21-7-4-8-22-38/h3-35H,1-2H3. The molecule has 0 spiro atoms. The highest BCUT2D eigenvalue weighted by Crippen LogP contribution is 2.60. The van der Waals surface area contributed by atoms with E-state index in [0.29, 0.717) is 0 Å². The second kappa shape index (κ2) is 12.4. The average molecular weight is 758 g/mol. The molecule has 10 aromatic rings. The summed E-state index contributed by atoms with van der Waals surface area (Å²) in [5, 5.41) is 5.15. The van der Waals surface area contributed by atoms with E-state index >= 15 is 0 Å². The fraction of sp³-hybridized carbons (Fsp3) is 0.0714. The normalized spacial score (nSPS) is 14.3. The van der Waals surface area contributed by atoms with Crippen molar-refractivity contribution >= 4 is 59.3 Å². The van der Waals surface area contributed by atoms with Crippen LogP contribution in [0.5, 0.6) is 0 Å². The summed E-state index contributed by atoms with van der Waals surface area (Å²) in [5.41, 5.74) is 15.9. The van der Waals surface area contributed by atoms with Gasteiger partial charge in [-0.2, -0.15) is 0 Å². The van der Waals surface area contributed by atoms with E-state index in [2.05, 4.69) is 219 Å². The molecule has 0 bridgehead atoms. The maximum absolute atomic E-state index is 2.61. The van der Waals surface area contributed by atoms with Gasteiger partial charge >= 0.3 is 0 Å². The van der Waals surface area contributed by atoms with Crippen LogP contribution in [-0.4, -0.2) is 0 Å². The van der Waals surface area contributed by atoms with Gasteiger partial charge in [-0.05, 0) is 97.2 Å². The number of hydrogen-bond acceptors (Lipinski definition) is 2. The van der Waals surface area contributed by atoms with Crippen molar-refractivity contribution in [3.63, 3.8) is 0 Å². The Kier molecular flexibility index (Phi) is 7.13. The molecule has 2 heteroatoms. The fourth-order valence-electron chi connectivity index (χ4n) is 10.7. The lowest BCUT2D eigenvalue weighted by atomic mass is 9.67. The van der Waals surface area contributed by atoms with Crippen molar-refractivity contribution in [1.82, 2.24) is 0 Å². The highest BCUT2D eigenvalue weighted by Gasteiger charge is 2.47. The third kappa shape index (κ3) is 4.47. The lowest BCUT2D eigenvalue weighted by Gasteiger charge is -2.35. The molecular formula is C56H39NS. The van der Waals surface area contributed by atoms with E-state index in [1.807, 2.05) is 11.3 Å². The van der Waals surface area contributed by atoms with Crippen LogP contribution in [0, 0.1) is 0 Å². The average Bonchev–Trinajstić information content (AvgIpc) is 3.89. The van der Waals surface area contributed by atoms with Crippen LogP contribution in [-0.2, 0) is 10.8 Å². The second-order valence-electron chi connectivity index (χ2n) is 16.4. The second-order valence-corrected chi connectivity index (χ2v) is 17.5.